The first-order valence-electron chi connectivity index (χ1n) is 8.48. The van der Waals surface area contributed by atoms with E-state index in [1.165, 1.54) is 24.5 Å². The number of aliphatic hydroxyl groups is 3. The second kappa shape index (κ2) is 8.89. The number of hydrogen-bond acceptors (Lipinski definition) is 9. The number of benzene rings is 1. The van der Waals surface area contributed by atoms with E-state index in [0.717, 1.165) is 0 Å². The molecular formula is C19H19NO8. The highest BCUT2D eigenvalue weighted by molar-refractivity contribution is 5.89. The number of rotatable bonds is 5. The van der Waals surface area contributed by atoms with Crippen molar-refractivity contribution in [1.82, 2.24) is 4.98 Å². The summed E-state index contributed by atoms with van der Waals surface area (Å²) in [6.07, 6.45) is -5.92. The summed E-state index contributed by atoms with van der Waals surface area (Å²) in [6, 6.07) is 11.8. The molecule has 0 spiro atoms. The van der Waals surface area contributed by atoms with Crippen molar-refractivity contribution in [2.45, 2.75) is 37.3 Å². The van der Waals surface area contributed by atoms with Gasteiger partial charge >= 0.3 is 11.9 Å². The third-order valence-corrected chi connectivity index (χ3v) is 4.15. The third kappa shape index (κ3) is 4.52. The summed E-state index contributed by atoms with van der Waals surface area (Å²) in [5, 5.41) is 30.1. The second-order valence-electron chi connectivity index (χ2n) is 6.14. The molecule has 0 aliphatic carbocycles. The van der Waals surface area contributed by atoms with Crippen molar-refractivity contribution in [3.05, 3.63) is 66.0 Å². The maximum atomic E-state index is 12.3. The van der Waals surface area contributed by atoms with Crippen LogP contribution < -0.4 is 0 Å². The molecule has 1 aliphatic rings. The molecule has 148 valence electrons. The summed E-state index contributed by atoms with van der Waals surface area (Å²) in [6.45, 7) is -0.0783. The molecule has 0 radical (unpaired) electrons. The monoisotopic (exact) mass is 389 g/mol. The molecule has 1 aliphatic heterocycles. The fourth-order valence-electron chi connectivity index (χ4n) is 2.61. The summed E-state index contributed by atoms with van der Waals surface area (Å²) in [4.78, 5) is 28.2. The fourth-order valence-corrected chi connectivity index (χ4v) is 2.61. The molecule has 5 unspecified atom stereocenters. The summed E-state index contributed by atoms with van der Waals surface area (Å²) in [7, 11) is 0. The quantitative estimate of drug-likeness (QED) is 0.594. The van der Waals surface area contributed by atoms with E-state index in [1.807, 2.05) is 0 Å². The smallest absolute Gasteiger partial charge is 0.342 e. The fraction of sp³-hybridized carbons (Fsp3) is 0.316. The largest absolute Gasteiger partial charge is 0.459 e. The van der Waals surface area contributed by atoms with E-state index < -0.39 is 42.6 Å². The molecule has 0 bridgehead atoms. The van der Waals surface area contributed by atoms with Gasteiger partial charge in [0.2, 0.25) is 6.29 Å². The molecule has 0 amide bonds. The van der Waals surface area contributed by atoms with Crippen LogP contribution >= 0.6 is 0 Å². The third-order valence-electron chi connectivity index (χ3n) is 4.15. The number of aliphatic hydroxyl groups excluding tert-OH is 3. The number of esters is 2. The van der Waals surface area contributed by atoms with Crippen LogP contribution in [0.1, 0.15) is 15.9 Å². The van der Waals surface area contributed by atoms with Crippen molar-refractivity contribution in [1.29, 1.82) is 0 Å². The number of carbonyl (C=O) groups excluding carboxylic acids is 2. The maximum Gasteiger partial charge on any atom is 0.342 e. The lowest BCUT2D eigenvalue weighted by molar-refractivity contribution is -0.280. The Morgan fingerprint density at radius 3 is 2.43 bits per heavy atom. The van der Waals surface area contributed by atoms with E-state index in [4.69, 9.17) is 14.2 Å². The molecule has 1 fully saturated rings. The van der Waals surface area contributed by atoms with Gasteiger partial charge in [-0.3, -0.25) is 4.98 Å². The second-order valence-corrected chi connectivity index (χ2v) is 6.14. The van der Waals surface area contributed by atoms with Crippen molar-refractivity contribution in [3.63, 3.8) is 0 Å². The zero-order chi connectivity index (χ0) is 20.1. The molecule has 3 rings (SSSR count). The van der Waals surface area contributed by atoms with E-state index in [9.17, 15) is 24.9 Å². The summed E-state index contributed by atoms with van der Waals surface area (Å²) < 4.78 is 15.3. The van der Waals surface area contributed by atoms with Gasteiger partial charge in [0.05, 0.1) is 5.56 Å². The van der Waals surface area contributed by atoms with Crippen LogP contribution in [0.25, 0.3) is 0 Å². The van der Waals surface area contributed by atoms with Crippen LogP contribution in [-0.4, -0.2) is 62.9 Å². The molecule has 5 atom stereocenters. The predicted molar refractivity (Wildman–Crippen MR) is 92.6 cm³/mol. The van der Waals surface area contributed by atoms with Crippen molar-refractivity contribution in [2.24, 2.45) is 0 Å². The van der Waals surface area contributed by atoms with Crippen LogP contribution in [0.4, 0.5) is 0 Å². The molecule has 1 aromatic heterocycles. The van der Waals surface area contributed by atoms with Crippen LogP contribution in [0, 0.1) is 0 Å². The first-order chi connectivity index (χ1) is 13.5. The minimum Gasteiger partial charge on any atom is -0.459 e. The summed E-state index contributed by atoms with van der Waals surface area (Å²) in [5.41, 5.74) is 0.795. The summed E-state index contributed by atoms with van der Waals surface area (Å²) >= 11 is 0. The SMILES string of the molecule is O=C(OC1OC(C(=O)OCc2ccccc2)C(O)C(O)C1O)c1cccnc1. The number of ether oxygens (including phenoxy) is 3. The average Bonchev–Trinajstić information content (AvgIpc) is 2.73. The van der Waals surface area contributed by atoms with Gasteiger partial charge in [0.1, 0.15) is 24.9 Å². The molecule has 9 heteroatoms. The number of nitrogens with zero attached hydrogens (tertiary/aromatic N) is 1. The summed E-state index contributed by atoms with van der Waals surface area (Å²) in [5.74, 6) is -1.85. The van der Waals surface area contributed by atoms with Crippen LogP contribution in [0.3, 0.4) is 0 Å². The number of aromatic nitrogens is 1. The van der Waals surface area contributed by atoms with E-state index in [2.05, 4.69) is 4.98 Å². The number of carbonyl (C=O) groups is 2. The zero-order valence-corrected chi connectivity index (χ0v) is 14.6. The normalized spacial score (nSPS) is 27.0. The van der Waals surface area contributed by atoms with Gasteiger partial charge in [-0.2, -0.15) is 0 Å². The van der Waals surface area contributed by atoms with E-state index in [-0.39, 0.29) is 12.2 Å². The van der Waals surface area contributed by atoms with Gasteiger partial charge in [-0.05, 0) is 17.7 Å². The van der Waals surface area contributed by atoms with Gasteiger partial charge in [-0.25, -0.2) is 9.59 Å². The van der Waals surface area contributed by atoms with Gasteiger partial charge in [0, 0.05) is 12.4 Å². The maximum absolute atomic E-state index is 12.3. The van der Waals surface area contributed by atoms with Crippen molar-refractivity contribution < 1.29 is 39.1 Å². The zero-order valence-electron chi connectivity index (χ0n) is 14.6. The first-order valence-corrected chi connectivity index (χ1v) is 8.48. The van der Waals surface area contributed by atoms with Gasteiger partial charge in [-0.1, -0.05) is 30.3 Å². The molecule has 9 nitrogen and oxygen atoms in total. The lowest BCUT2D eigenvalue weighted by Gasteiger charge is -2.38. The minimum absolute atomic E-state index is 0.0783. The highest BCUT2D eigenvalue weighted by Gasteiger charge is 2.49. The Labute approximate surface area is 160 Å². The minimum atomic E-state index is -1.78. The molecule has 2 heterocycles. The van der Waals surface area contributed by atoms with Crippen LogP contribution in [0.15, 0.2) is 54.9 Å². The standard InChI is InChI=1S/C19H19NO8/c21-13-14(22)16(18(25)26-10-11-5-2-1-3-6-11)27-19(15(13)23)28-17(24)12-7-4-8-20-9-12/h1-9,13-16,19,21-23H,10H2. The topological polar surface area (TPSA) is 135 Å². The highest BCUT2D eigenvalue weighted by Crippen LogP contribution is 2.24. The van der Waals surface area contributed by atoms with Crippen LogP contribution in [0.2, 0.25) is 0 Å². The van der Waals surface area contributed by atoms with Crippen LogP contribution in [-0.2, 0) is 25.6 Å². The highest BCUT2D eigenvalue weighted by atomic mass is 16.7. The number of hydrogen-bond donors (Lipinski definition) is 3. The van der Waals surface area contributed by atoms with Gasteiger partial charge in [0.15, 0.2) is 6.10 Å². The van der Waals surface area contributed by atoms with Crippen molar-refractivity contribution >= 4 is 11.9 Å². The van der Waals surface area contributed by atoms with Gasteiger partial charge < -0.3 is 29.5 Å². The Bertz CT molecular complexity index is 800. The predicted octanol–water partition coefficient (Wildman–Crippen LogP) is -0.211. The van der Waals surface area contributed by atoms with Crippen LogP contribution in [0.5, 0.6) is 0 Å². The van der Waals surface area contributed by atoms with Crippen molar-refractivity contribution in [3.8, 4) is 0 Å². The van der Waals surface area contributed by atoms with Gasteiger partial charge in [0.25, 0.3) is 0 Å². The Morgan fingerprint density at radius 2 is 1.75 bits per heavy atom. The molecule has 2 aromatic rings. The Balaban J connectivity index is 1.66. The Hall–Kier alpha value is -2.85. The molecule has 3 N–H and O–H groups in total. The number of pyridine rings is 1. The van der Waals surface area contributed by atoms with Crippen molar-refractivity contribution in [2.75, 3.05) is 0 Å². The van der Waals surface area contributed by atoms with E-state index in [1.54, 1.807) is 30.3 Å². The molecular weight excluding hydrogens is 370 g/mol. The lowest BCUT2D eigenvalue weighted by Crippen LogP contribution is -2.60. The Morgan fingerprint density at radius 1 is 1.00 bits per heavy atom. The van der Waals surface area contributed by atoms with E-state index in [0.29, 0.717) is 5.56 Å². The molecule has 28 heavy (non-hydrogen) atoms. The van der Waals surface area contributed by atoms with E-state index >= 15 is 0 Å². The first kappa shape index (κ1) is 19.9. The molecule has 1 saturated heterocycles. The average molecular weight is 389 g/mol. The molecule has 0 saturated carbocycles. The van der Waals surface area contributed by atoms with Gasteiger partial charge in [-0.15, -0.1) is 0 Å². The lowest BCUT2D eigenvalue weighted by atomic mass is 9.99. The molecule has 1 aromatic carbocycles. The Kier molecular flexibility index (Phi) is 6.32.